The summed E-state index contributed by atoms with van der Waals surface area (Å²) in [7, 11) is 0. The Morgan fingerprint density at radius 2 is 1.74 bits per heavy atom. The molecule has 0 radical (unpaired) electrons. The molecule has 0 atom stereocenters. The van der Waals surface area contributed by atoms with Crippen LogP contribution in [0.25, 0.3) is 21.3 Å². The topological polar surface area (TPSA) is 121 Å². The molecule has 0 aliphatic carbocycles. The van der Waals surface area contributed by atoms with Crippen LogP contribution in [0.4, 0.5) is 32.0 Å². The number of halogens is 6. The number of nitrogens with zero attached hydrogens (tertiary/aromatic N) is 5. The smallest absolute Gasteiger partial charge is 0.365 e. The lowest BCUT2D eigenvalue weighted by atomic mass is 10.0. The number of nitrogens with one attached hydrogen (secondary N) is 1. The predicted molar refractivity (Wildman–Crippen MR) is 125 cm³/mol. The largest absolute Gasteiger partial charge is 0.433 e. The Morgan fingerprint density at radius 3 is 2.29 bits per heavy atom. The molecule has 4 aromatic rings. The van der Waals surface area contributed by atoms with Crippen LogP contribution in [0.5, 0.6) is 0 Å². The van der Waals surface area contributed by atoms with Crippen molar-refractivity contribution in [3.63, 3.8) is 0 Å². The number of rotatable bonds is 6. The number of carbonyl (C=O) groups is 2. The quantitative estimate of drug-likeness (QED) is 0.330. The standard InChI is InChI=1S/C22H19F6N7O2S/c1-4-34-10(3)12(7-30-34)11-6-13(21(23,24)25)31-20-16(11)17(18(38-20)19(29)37)32-15(36)8-35-14(22(26,27)28)5-9(2)33-35/h5-7H,4,8H2,1-3H3,(H2,29,37)(H,32,36). The third-order valence-electron chi connectivity index (χ3n) is 5.62. The van der Waals surface area contributed by atoms with Gasteiger partial charge in [0.05, 0.1) is 17.6 Å². The molecule has 0 aliphatic heterocycles. The first-order chi connectivity index (χ1) is 17.6. The molecule has 0 bridgehead atoms. The highest BCUT2D eigenvalue weighted by Gasteiger charge is 2.37. The molecule has 9 nitrogen and oxygen atoms in total. The van der Waals surface area contributed by atoms with Crippen LogP contribution >= 0.6 is 11.3 Å². The number of fused-ring (bicyclic) bond motifs is 1. The monoisotopic (exact) mass is 559 g/mol. The summed E-state index contributed by atoms with van der Waals surface area (Å²) < 4.78 is 83.1. The summed E-state index contributed by atoms with van der Waals surface area (Å²) in [6, 6.07) is 1.52. The summed E-state index contributed by atoms with van der Waals surface area (Å²) in [6.07, 6.45) is -8.30. The van der Waals surface area contributed by atoms with Crippen LogP contribution in [-0.4, -0.2) is 36.4 Å². The van der Waals surface area contributed by atoms with E-state index in [4.69, 9.17) is 5.73 Å². The Bertz CT molecular complexity index is 1560. The van der Waals surface area contributed by atoms with Gasteiger partial charge in [-0.2, -0.15) is 36.5 Å². The Labute approximate surface area is 214 Å². The number of anilines is 1. The van der Waals surface area contributed by atoms with Crippen molar-refractivity contribution in [1.82, 2.24) is 24.5 Å². The fraction of sp³-hybridized carbons (Fsp3) is 0.318. The number of carbonyl (C=O) groups excluding carboxylic acids is 2. The predicted octanol–water partition coefficient (Wildman–Crippen LogP) is 4.77. The summed E-state index contributed by atoms with van der Waals surface area (Å²) in [5.41, 5.74) is 3.51. The number of thiophene rings is 1. The summed E-state index contributed by atoms with van der Waals surface area (Å²) in [5, 5.41) is 10.2. The second kappa shape index (κ2) is 9.41. The minimum absolute atomic E-state index is 0.0125. The van der Waals surface area contributed by atoms with E-state index < -0.39 is 42.1 Å². The van der Waals surface area contributed by atoms with Gasteiger partial charge in [-0.3, -0.25) is 19.0 Å². The molecular weight excluding hydrogens is 540 g/mol. The number of pyridine rings is 1. The number of alkyl halides is 6. The van der Waals surface area contributed by atoms with Crippen molar-refractivity contribution in [2.24, 2.45) is 5.73 Å². The van der Waals surface area contributed by atoms with Gasteiger partial charge in [0, 0.05) is 23.2 Å². The van der Waals surface area contributed by atoms with Gasteiger partial charge < -0.3 is 11.1 Å². The van der Waals surface area contributed by atoms with E-state index in [0.717, 1.165) is 12.1 Å². The fourth-order valence-corrected chi connectivity index (χ4v) is 4.99. The fourth-order valence-electron chi connectivity index (χ4n) is 3.99. The molecule has 0 aliphatic rings. The van der Waals surface area contributed by atoms with Gasteiger partial charge >= 0.3 is 12.4 Å². The van der Waals surface area contributed by atoms with Gasteiger partial charge in [-0.15, -0.1) is 11.3 Å². The molecule has 0 fully saturated rings. The molecule has 0 aromatic carbocycles. The molecule has 4 heterocycles. The van der Waals surface area contributed by atoms with E-state index >= 15 is 0 Å². The normalized spacial score (nSPS) is 12.3. The number of amides is 2. The first-order valence-electron chi connectivity index (χ1n) is 10.9. The lowest BCUT2D eigenvalue weighted by Crippen LogP contribution is -2.24. The molecule has 38 heavy (non-hydrogen) atoms. The molecule has 3 N–H and O–H groups in total. The van der Waals surface area contributed by atoms with Crippen LogP contribution in [0.3, 0.4) is 0 Å². The third-order valence-corrected chi connectivity index (χ3v) is 6.72. The molecule has 2 amide bonds. The highest BCUT2D eigenvalue weighted by atomic mass is 32.1. The maximum Gasteiger partial charge on any atom is 0.433 e. The minimum atomic E-state index is -4.84. The maximum atomic E-state index is 13.7. The third kappa shape index (κ3) is 4.94. The number of primary amides is 1. The van der Waals surface area contributed by atoms with Crippen LogP contribution < -0.4 is 11.1 Å². The van der Waals surface area contributed by atoms with E-state index in [2.05, 4.69) is 20.5 Å². The van der Waals surface area contributed by atoms with Crippen molar-refractivity contribution in [3.8, 4) is 11.1 Å². The summed E-state index contributed by atoms with van der Waals surface area (Å²) in [6.45, 7) is 4.24. The molecule has 0 spiro atoms. The average molecular weight is 559 g/mol. The molecule has 0 saturated carbocycles. The van der Waals surface area contributed by atoms with Crippen LogP contribution in [0.15, 0.2) is 18.3 Å². The Kier molecular flexibility index (Phi) is 6.71. The van der Waals surface area contributed by atoms with E-state index in [-0.39, 0.29) is 37.6 Å². The molecule has 16 heteroatoms. The van der Waals surface area contributed by atoms with Gasteiger partial charge in [0.1, 0.15) is 27.6 Å². The van der Waals surface area contributed by atoms with E-state index in [1.807, 2.05) is 0 Å². The van der Waals surface area contributed by atoms with Crippen LogP contribution in [0.1, 0.15) is 39.4 Å². The van der Waals surface area contributed by atoms with Crippen molar-refractivity contribution >= 4 is 39.1 Å². The highest BCUT2D eigenvalue weighted by molar-refractivity contribution is 7.21. The zero-order valence-corrected chi connectivity index (χ0v) is 20.8. The van der Waals surface area contributed by atoms with Crippen molar-refractivity contribution < 1.29 is 35.9 Å². The molecule has 0 saturated heterocycles. The SMILES string of the molecule is CCn1ncc(-c2cc(C(F)(F)F)nc3sc(C(N)=O)c(NC(=O)Cn4nc(C)cc4C(F)(F)F)c23)c1C. The van der Waals surface area contributed by atoms with Crippen molar-refractivity contribution in [1.29, 1.82) is 0 Å². The molecule has 0 unspecified atom stereocenters. The summed E-state index contributed by atoms with van der Waals surface area (Å²) >= 11 is 0.519. The number of aryl methyl sites for hydroxylation is 2. The van der Waals surface area contributed by atoms with Crippen LogP contribution in [0.2, 0.25) is 0 Å². The molecule has 4 aromatic heterocycles. The highest BCUT2D eigenvalue weighted by Crippen LogP contribution is 2.44. The van der Waals surface area contributed by atoms with Crippen molar-refractivity contribution in [2.75, 3.05) is 5.32 Å². The number of nitrogens with two attached hydrogens (primary N) is 1. The van der Waals surface area contributed by atoms with Gasteiger partial charge in [-0.1, -0.05) is 0 Å². The molecule has 4 rings (SSSR count). The van der Waals surface area contributed by atoms with Gasteiger partial charge in [0.15, 0.2) is 0 Å². The van der Waals surface area contributed by atoms with Crippen LogP contribution in [0, 0.1) is 13.8 Å². The minimum Gasteiger partial charge on any atom is -0.365 e. The Hall–Kier alpha value is -3.95. The van der Waals surface area contributed by atoms with Gasteiger partial charge in [0.2, 0.25) is 5.91 Å². The first-order valence-corrected chi connectivity index (χ1v) is 11.7. The zero-order chi connectivity index (χ0) is 28.2. The average Bonchev–Trinajstić information content (AvgIpc) is 3.47. The Morgan fingerprint density at radius 1 is 1.05 bits per heavy atom. The second-order valence-corrected chi connectivity index (χ2v) is 9.24. The van der Waals surface area contributed by atoms with Gasteiger partial charge in [-0.25, -0.2) is 4.98 Å². The van der Waals surface area contributed by atoms with Gasteiger partial charge in [0.25, 0.3) is 5.91 Å². The lowest BCUT2D eigenvalue weighted by molar-refractivity contribution is -0.144. The van der Waals surface area contributed by atoms with Gasteiger partial charge in [-0.05, 0) is 38.5 Å². The number of hydrogen-bond acceptors (Lipinski definition) is 6. The van der Waals surface area contributed by atoms with Crippen LogP contribution in [-0.2, 0) is 30.2 Å². The summed E-state index contributed by atoms with van der Waals surface area (Å²) in [5.74, 6) is -2.10. The number of aromatic nitrogens is 5. The molecular formula is C22H19F6N7O2S. The summed E-state index contributed by atoms with van der Waals surface area (Å²) in [4.78, 5) is 28.1. The van der Waals surface area contributed by atoms with Crippen molar-refractivity contribution in [2.45, 2.75) is 46.2 Å². The molecule has 202 valence electrons. The second-order valence-electron chi connectivity index (χ2n) is 8.24. The number of hydrogen-bond donors (Lipinski definition) is 2. The van der Waals surface area contributed by atoms with E-state index in [1.165, 1.54) is 17.8 Å². The van der Waals surface area contributed by atoms with E-state index in [0.29, 0.717) is 28.3 Å². The van der Waals surface area contributed by atoms with E-state index in [9.17, 15) is 35.9 Å². The lowest BCUT2D eigenvalue weighted by Gasteiger charge is -2.13. The van der Waals surface area contributed by atoms with Crippen molar-refractivity contribution in [3.05, 3.63) is 46.0 Å². The zero-order valence-electron chi connectivity index (χ0n) is 20.0. The van der Waals surface area contributed by atoms with E-state index in [1.54, 1.807) is 13.8 Å². The first kappa shape index (κ1) is 27.1. The maximum absolute atomic E-state index is 13.7. The Balaban J connectivity index is 1.90.